The summed E-state index contributed by atoms with van der Waals surface area (Å²) in [6, 6.07) is 5.30. The molecule has 0 spiro atoms. The normalized spacial score (nSPS) is 10.2. The second kappa shape index (κ2) is 4.55. The molecule has 0 saturated carbocycles. The molecule has 2 aromatic rings. The van der Waals surface area contributed by atoms with Gasteiger partial charge < -0.3 is 9.84 Å². The Balaban J connectivity index is 2.42. The molecule has 0 atom stereocenters. The molecule has 0 aliphatic carbocycles. The van der Waals surface area contributed by atoms with Crippen molar-refractivity contribution >= 4 is 17.3 Å². The number of nitrogens with zero attached hydrogens (tertiary/aromatic N) is 1. The molecule has 0 saturated heterocycles. The van der Waals surface area contributed by atoms with Crippen molar-refractivity contribution in [3.05, 3.63) is 34.2 Å². The lowest BCUT2D eigenvalue weighted by Crippen LogP contribution is -1.92. The summed E-state index contributed by atoms with van der Waals surface area (Å²) in [6.07, 6.45) is 0. The van der Waals surface area contributed by atoms with E-state index in [2.05, 4.69) is 4.98 Å². The Hall–Kier alpha value is -1.88. The highest BCUT2D eigenvalue weighted by atomic mass is 32.1. The summed E-state index contributed by atoms with van der Waals surface area (Å²) < 4.78 is 5.03. The van der Waals surface area contributed by atoms with Gasteiger partial charge in [0.05, 0.1) is 7.11 Å². The molecule has 17 heavy (non-hydrogen) atoms. The molecule has 0 aliphatic heterocycles. The van der Waals surface area contributed by atoms with Crippen molar-refractivity contribution in [3.63, 3.8) is 0 Å². The molecule has 0 bridgehead atoms. The molecule has 0 amide bonds. The molecule has 2 aromatic heterocycles. The van der Waals surface area contributed by atoms with Gasteiger partial charge in [-0.3, -0.25) is 0 Å². The fourth-order valence-electron chi connectivity index (χ4n) is 1.55. The summed E-state index contributed by atoms with van der Waals surface area (Å²) in [5.41, 5.74) is 2.62. The van der Waals surface area contributed by atoms with E-state index in [1.807, 2.05) is 18.4 Å². The molecule has 0 fully saturated rings. The van der Waals surface area contributed by atoms with Crippen LogP contribution in [0.3, 0.4) is 0 Å². The smallest absolute Gasteiger partial charge is 0.345 e. The number of aromatic nitrogens is 1. The van der Waals surface area contributed by atoms with Crippen LogP contribution in [-0.4, -0.2) is 23.2 Å². The number of rotatable bonds is 3. The van der Waals surface area contributed by atoms with Gasteiger partial charge in [-0.15, -0.1) is 11.3 Å². The van der Waals surface area contributed by atoms with Crippen LogP contribution in [0.15, 0.2) is 23.6 Å². The standard InChI is InChI=1S/C12H11NO3S/c1-7-9(3-4-11(13-7)16-2)8-5-10(12(14)15)17-6-8/h3-6H,1-2H3,(H,14,15). The lowest BCUT2D eigenvalue weighted by molar-refractivity contribution is 0.0702. The molecule has 5 heteroatoms. The third-order valence-electron chi connectivity index (χ3n) is 2.39. The van der Waals surface area contributed by atoms with Gasteiger partial charge in [-0.05, 0) is 30.0 Å². The second-order valence-corrected chi connectivity index (χ2v) is 4.40. The zero-order chi connectivity index (χ0) is 12.4. The van der Waals surface area contributed by atoms with Crippen LogP contribution < -0.4 is 4.74 Å². The van der Waals surface area contributed by atoms with E-state index in [-0.39, 0.29) is 0 Å². The monoisotopic (exact) mass is 249 g/mol. The summed E-state index contributed by atoms with van der Waals surface area (Å²) in [5, 5.41) is 10.7. The van der Waals surface area contributed by atoms with Gasteiger partial charge in [-0.25, -0.2) is 9.78 Å². The van der Waals surface area contributed by atoms with Crippen LogP contribution in [0.2, 0.25) is 0 Å². The van der Waals surface area contributed by atoms with E-state index < -0.39 is 5.97 Å². The van der Waals surface area contributed by atoms with Gasteiger partial charge in [0, 0.05) is 17.3 Å². The molecular weight excluding hydrogens is 238 g/mol. The van der Waals surface area contributed by atoms with Crippen LogP contribution >= 0.6 is 11.3 Å². The Morgan fingerprint density at radius 2 is 2.24 bits per heavy atom. The molecular formula is C12H11NO3S. The predicted molar refractivity (Wildman–Crippen MR) is 65.8 cm³/mol. The van der Waals surface area contributed by atoms with Gasteiger partial charge in [-0.2, -0.15) is 0 Å². The number of hydrogen-bond donors (Lipinski definition) is 1. The minimum Gasteiger partial charge on any atom is -0.481 e. The summed E-state index contributed by atoms with van der Waals surface area (Å²) in [4.78, 5) is 15.4. The van der Waals surface area contributed by atoms with Crippen LogP contribution in [0.4, 0.5) is 0 Å². The van der Waals surface area contributed by atoms with Gasteiger partial charge in [0.25, 0.3) is 0 Å². The second-order valence-electron chi connectivity index (χ2n) is 3.49. The molecule has 88 valence electrons. The summed E-state index contributed by atoms with van der Waals surface area (Å²) >= 11 is 1.21. The van der Waals surface area contributed by atoms with Crippen LogP contribution in [0.25, 0.3) is 11.1 Å². The summed E-state index contributed by atoms with van der Waals surface area (Å²) in [6.45, 7) is 1.87. The quantitative estimate of drug-likeness (QED) is 0.908. The molecule has 0 unspecified atom stereocenters. The van der Waals surface area contributed by atoms with Crippen molar-refractivity contribution in [3.8, 4) is 17.0 Å². The number of aromatic carboxylic acids is 1. The minimum atomic E-state index is -0.902. The highest BCUT2D eigenvalue weighted by Crippen LogP contribution is 2.28. The average Bonchev–Trinajstić information content (AvgIpc) is 2.78. The van der Waals surface area contributed by atoms with Gasteiger partial charge in [-0.1, -0.05) is 0 Å². The SMILES string of the molecule is COc1ccc(-c2csc(C(=O)O)c2)c(C)n1. The van der Waals surface area contributed by atoms with Gasteiger partial charge >= 0.3 is 5.97 Å². The molecule has 2 rings (SSSR count). The van der Waals surface area contributed by atoms with E-state index in [0.29, 0.717) is 10.8 Å². The maximum atomic E-state index is 10.8. The highest BCUT2D eigenvalue weighted by Gasteiger charge is 2.10. The fraction of sp³-hybridized carbons (Fsp3) is 0.167. The lowest BCUT2D eigenvalue weighted by atomic mass is 10.1. The van der Waals surface area contributed by atoms with Crippen molar-refractivity contribution < 1.29 is 14.6 Å². The van der Waals surface area contributed by atoms with Crippen molar-refractivity contribution in [2.24, 2.45) is 0 Å². The first-order valence-corrected chi connectivity index (χ1v) is 5.83. The van der Waals surface area contributed by atoms with Crippen molar-refractivity contribution in [1.82, 2.24) is 4.98 Å². The minimum absolute atomic E-state index is 0.329. The van der Waals surface area contributed by atoms with E-state index in [1.54, 1.807) is 19.2 Å². The Kier molecular flexibility index (Phi) is 3.10. The van der Waals surface area contributed by atoms with E-state index >= 15 is 0 Å². The zero-order valence-corrected chi connectivity index (χ0v) is 10.2. The van der Waals surface area contributed by atoms with E-state index in [4.69, 9.17) is 9.84 Å². The summed E-state index contributed by atoms with van der Waals surface area (Å²) in [5.74, 6) is -0.347. The third kappa shape index (κ3) is 2.29. The maximum Gasteiger partial charge on any atom is 0.345 e. The number of carboxylic acid groups (broad SMARTS) is 1. The highest BCUT2D eigenvalue weighted by molar-refractivity contribution is 7.12. The number of thiophene rings is 1. The fourth-order valence-corrected chi connectivity index (χ4v) is 2.29. The number of carboxylic acids is 1. The molecule has 0 aliphatic rings. The summed E-state index contributed by atoms with van der Waals surface area (Å²) in [7, 11) is 1.56. The number of aryl methyl sites for hydroxylation is 1. The van der Waals surface area contributed by atoms with E-state index in [0.717, 1.165) is 16.8 Å². The Labute approximate surface area is 103 Å². The van der Waals surface area contributed by atoms with Crippen molar-refractivity contribution in [1.29, 1.82) is 0 Å². The third-order valence-corrected chi connectivity index (χ3v) is 3.31. The number of ether oxygens (including phenoxy) is 1. The largest absolute Gasteiger partial charge is 0.481 e. The molecule has 0 aromatic carbocycles. The molecule has 0 radical (unpaired) electrons. The molecule has 4 nitrogen and oxygen atoms in total. The first-order chi connectivity index (χ1) is 8.11. The van der Waals surface area contributed by atoms with Crippen LogP contribution in [-0.2, 0) is 0 Å². The first-order valence-electron chi connectivity index (χ1n) is 4.95. The lowest BCUT2D eigenvalue weighted by Gasteiger charge is -2.04. The topological polar surface area (TPSA) is 59.4 Å². The zero-order valence-electron chi connectivity index (χ0n) is 9.43. The van der Waals surface area contributed by atoms with E-state index in [9.17, 15) is 4.79 Å². The van der Waals surface area contributed by atoms with Gasteiger partial charge in [0.2, 0.25) is 5.88 Å². The molecule has 2 heterocycles. The van der Waals surface area contributed by atoms with E-state index in [1.165, 1.54) is 11.3 Å². The Morgan fingerprint density at radius 1 is 1.47 bits per heavy atom. The van der Waals surface area contributed by atoms with Crippen LogP contribution in [0, 0.1) is 6.92 Å². The predicted octanol–water partition coefficient (Wildman–Crippen LogP) is 2.83. The van der Waals surface area contributed by atoms with Gasteiger partial charge in [0.1, 0.15) is 4.88 Å². The average molecular weight is 249 g/mol. The molecule has 1 N–H and O–H groups in total. The maximum absolute atomic E-state index is 10.8. The van der Waals surface area contributed by atoms with Crippen molar-refractivity contribution in [2.45, 2.75) is 6.92 Å². The van der Waals surface area contributed by atoms with Crippen molar-refractivity contribution in [2.75, 3.05) is 7.11 Å². The number of hydrogen-bond acceptors (Lipinski definition) is 4. The number of pyridine rings is 1. The number of carbonyl (C=O) groups is 1. The van der Waals surface area contributed by atoms with Gasteiger partial charge in [0.15, 0.2) is 0 Å². The first kappa shape index (κ1) is 11.6. The Bertz CT molecular complexity index is 563. The van der Waals surface area contributed by atoms with Crippen LogP contribution in [0.1, 0.15) is 15.4 Å². The van der Waals surface area contributed by atoms with Crippen LogP contribution in [0.5, 0.6) is 5.88 Å². The number of methoxy groups -OCH3 is 1. The Morgan fingerprint density at radius 3 is 2.76 bits per heavy atom.